The standard InChI is InChI=1S/C26H24F3N7O.C25H20F3N7O.C24H20F3N7O.C22H19F3N8/c1-15(16-3-5-19(6-4-16)37-20-7-8-36(2)14-20)34-25-33-11-17(10-30)23(35-25)22-13-32-24-21(22)9-18(12-31-24)26(27,28)29;1-14(15-4-6-18(7-5-15)35-8-2-3-21(35)36)33-24-32-11-16(10-29)22(34-24)20-13-31-23-19(20)9-17(12-30-23)25(26,27)28;1-3-20(35)33-17-6-4-14(5-7-17)13(2)32-23-31-10-15(9-28)21(34-23)19-12-30-22-18(19)8-16(11-29-22)24(25,26)27;1-12(13-4-5-18(27-8-13)33(2)3)31-21-30-9-14(7-26)19(32-21)17-11-29-20-16(17)6-15(10-28-20)22(23,24)25/h3-6,9,11-13,15,20H,7-8,14H2,1-2H3,(H,31,32)(H,33,34,35);4-7,9,11-14H,2-3,8H2,1H3,(H,30,31)(H,32,33,34);4-8,10-13H,3H2,1-2H3,(H,29,30)(H,33,35)(H,31,32,34);4-6,8-12H,1-3H3,(H,28,29)(H,30,31,32)/t15-,20+;14-;13-;/m111./s1. The maximum absolute atomic E-state index is 13.3. The summed E-state index contributed by atoms with van der Waals surface area (Å²) < 4.78 is 165. The average Bonchev–Trinajstić information content (AvgIpc) is 1.66. The molecule has 2 aliphatic heterocycles. The molecule has 0 bridgehead atoms. The van der Waals surface area contributed by atoms with Crippen LogP contribution in [-0.2, 0) is 34.3 Å². The number of likely N-dealkylation sites (N-methyl/N-ethyl adjacent to an activating group) is 1. The van der Waals surface area contributed by atoms with E-state index in [2.05, 4.69) is 123 Å². The fourth-order valence-electron chi connectivity index (χ4n) is 15.4. The maximum atomic E-state index is 13.3. The highest BCUT2D eigenvalue weighted by molar-refractivity contribution is 5.99. The van der Waals surface area contributed by atoms with E-state index in [1.807, 2.05) is 144 Å². The summed E-state index contributed by atoms with van der Waals surface area (Å²) >= 11 is 0. The van der Waals surface area contributed by atoms with Gasteiger partial charge in [0, 0.05) is 158 Å². The van der Waals surface area contributed by atoms with Gasteiger partial charge in [0.1, 0.15) is 64.5 Å². The van der Waals surface area contributed by atoms with Crippen molar-refractivity contribution in [2.24, 2.45) is 0 Å². The molecule has 5 atom stereocenters. The molecule has 3 aromatic carbocycles. The van der Waals surface area contributed by atoms with Crippen LogP contribution in [0.5, 0.6) is 5.75 Å². The Morgan fingerprint density at radius 1 is 0.454 bits per heavy atom. The lowest BCUT2D eigenvalue weighted by molar-refractivity contribution is -0.138. The van der Waals surface area contributed by atoms with E-state index >= 15 is 0 Å². The summed E-state index contributed by atoms with van der Waals surface area (Å²) in [6.45, 7) is 12.0. The van der Waals surface area contributed by atoms with Crippen LogP contribution in [0.3, 0.4) is 0 Å². The molecule has 1 unspecified atom stereocenters. The van der Waals surface area contributed by atoms with Crippen molar-refractivity contribution < 1.29 is 67.0 Å². The number of anilines is 7. The third kappa shape index (κ3) is 22.9. The molecule has 718 valence electrons. The van der Waals surface area contributed by atoms with Crippen molar-refractivity contribution >= 4 is 96.9 Å². The van der Waals surface area contributed by atoms with Gasteiger partial charge >= 0.3 is 24.7 Å². The van der Waals surface area contributed by atoms with Crippen LogP contribution in [0.2, 0.25) is 0 Å². The van der Waals surface area contributed by atoms with Crippen LogP contribution in [-0.4, -0.2) is 148 Å². The highest BCUT2D eigenvalue weighted by atomic mass is 19.4. The largest absolute Gasteiger partial charge is 0.489 e. The quantitative estimate of drug-likeness (QED) is 0.0285. The van der Waals surface area contributed by atoms with E-state index in [0.29, 0.717) is 47.3 Å². The number of nitrogens with zero attached hydrogens (tertiary/aromatic N) is 20. The van der Waals surface area contributed by atoms with Gasteiger partial charge in [-0.05, 0) is 137 Å². The molecule has 141 heavy (non-hydrogen) atoms. The molecule has 0 radical (unpaired) electrons. The van der Waals surface area contributed by atoms with E-state index in [1.165, 1.54) is 49.6 Å². The summed E-state index contributed by atoms with van der Waals surface area (Å²) in [5, 5.41) is 54.5. The van der Waals surface area contributed by atoms with Crippen LogP contribution >= 0.6 is 0 Å². The molecular formula is C97H83F12N29O3. The third-order valence-corrected chi connectivity index (χ3v) is 23.0. The van der Waals surface area contributed by atoms with Crippen LogP contribution < -0.4 is 41.1 Å². The number of carbonyl (C=O) groups excluding carboxylic acids is 2. The molecule has 0 spiro atoms. The van der Waals surface area contributed by atoms with Crippen LogP contribution in [0, 0.1) is 45.3 Å². The summed E-state index contributed by atoms with van der Waals surface area (Å²) in [7, 11) is 5.87. The van der Waals surface area contributed by atoms with E-state index in [0.717, 1.165) is 114 Å². The molecule has 13 aromatic heterocycles. The number of hydrogen-bond donors (Lipinski definition) is 9. The lowest BCUT2D eigenvalue weighted by Gasteiger charge is -2.18. The van der Waals surface area contributed by atoms with E-state index in [-0.39, 0.29) is 155 Å². The first-order chi connectivity index (χ1) is 67.3. The van der Waals surface area contributed by atoms with Crippen molar-refractivity contribution in [2.75, 3.05) is 77.2 Å². The first-order valence-corrected chi connectivity index (χ1v) is 43.5. The van der Waals surface area contributed by atoms with Gasteiger partial charge in [-0.2, -0.15) is 73.7 Å². The number of aromatic nitrogens is 17. The Morgan fingerprint density at radius 3 is 1.08 bits per heavy atom. The maximum Gasteiger partial charge on any atom is 0.417 e. The summed E-state index contributed by atoms with van der Waals surface area (Å²) in [4.78, 5) is 95.2. The van der Waals surface area contributed by atoms with Crippen molar-refractivity contribution in [3.63, 3.8) is 0 Å². The lowest BCUT2D eigenvalue weighted by atomic mass is 10.1. The number of amides is 2. The molecule has 2 fully saturated rings. The number of nitriles is 4. The van der Waals surface area contributed by atoms with Gasteiger partial charge in [-0.25, -0.2) is 64.8 Å². The molecular weight excluding hydrogens is 1850 g/mol. The number of halogens is 12. The first kappa shape index (κ1) is 98.2. The Kier molecular flexibility index (Phi) is 28.8. The molecule has 15 heterocycles. The predicted octanol–water partition coefficient (Wildman–Crippen LogP) is 20.4. The van der Waals surface area contributed by atoms with Gasteiger partial charge in [0.05, 0.1) is 116 Å². The Hall–Kier alpha value is -17.3. The number of nitrogens with one attached hydrogen (secondary N) is 9. The molecule has 44 heteroatoms. The van der Waals surface area contributed by atoms with Crippen LogP contribution in [0.25, 0.3) is 89.2 Å². The second-order valence-electron chi connectivity index (χ2n) is 33.0. The number of ether oxygens (including phenoxy) is 1. The molecule has 2 amide bonds. The topological polar surface area (TPSA) is 439 Å². The number of fused-ring (bicyclic) bond motifs is 4. The van der Waals surface area contributed by atoms with E-state index in [1.54, 1.807) is 30.2 Å². The van der Waals surface area contributed by atoms with Gasteiger partial charge in [-0.15, -0.1) is 0 Å². The molecule has 16 aromatic rings. The number of hydrogen-bond acceptors (Lipinski definition) is 26. The van der Waals surface area contributed by atoms with Gasteiger partial charge < -0.3 is 66.0 Å². The zero-order valence-corrected chi connectivity index (χ0v) is 75.9. The van der Waals surface area contributed by atoms with Crippen molar-refractivity contribution in [2.45, 2.75) is 115 Å². The second-order valence-corrected chi connectivity index (χ2v) is 33.0. The Balaban J connectivity index is 0.000000142. The first-order valence-electron chi connectivity index (χ1n) is 43.5. The van der Waals surface area contributed by atoms with Crippen molar-refractivity contribution in [3.05, 3.63) is 257 Å². The number of aromatic amines is 4. The van der Waals surface area contributed by atoms with Gasteiger partial charge in [-0.1, -0.05) is 49.4 Å². The highest BCUT2D eigenvalue weighted by Crippen LogP contribution is 2.42. The van der Waals surface area contributed by atoms with Gasteiger partial charge in [-0.3, -0.25) is 9.59 Å². The molecule has 0 aliphatic carbocycles. The predicted molar refractivity (Wildman–Crippen MR) is 500 cm³/mol. The van der Waals surface area contributed by atoms with Crippen molar-refractivity contribution in [3.8, 4) is 75.1 Å². The zero-order valence-electron chi connectivity index (χ0n) is 75.9. The number of rotatable bonds is 22. The van der Waals surface area contributed by atoms with Gasteiger partial charge in [0.15, 0.2) is 0 Å². The monoisotopic (exact) mass is 1930 g/mol. The number of alkyl halides is 12. The number of benzene rings is 3. The van der Waals surface area contributed by atoms with Crippen LogP contribution in [0.15, 0.2) is 190 Å². The summed E-state index contributed by atoms with van der Waals surface area (Å²) in [6.07, 6.45) is 0.810. The van der Waals surface area contributed by atoms with Gasteiger partial charge in [0.2, 0.25) is 35.6 Å². The minimum absolute atomic E-state index is 0.0859. The number of pyridine rings is 5. The Labute approximate surface area is 794 Å². The lowest BCUT2D eigenvalue weighted by Crippen LogP contribution is -2.23. The summed E-state index contributed by atoms with van der Waals surface area (Å²) in [5.74, 6) is 2.52. The van der Waals surface area contributed by atoms with Gasteiger partial charge in [0.25, 0.3) is 0 Å². The van der Waals surface area contributed by atoms with Crippen molar-refractivity contribution in [1.82, 2.24) is 89.6 Å². The summed E-state index contributed by atoms with van der Waals surface area (Å²) in [6, 6.07) is 37.5. The highest BCUT2D eigenvalue weighted by Gasteiger charge is 2.37. The Bertz CT molecular complexity index is 7460. The third-order valence-electron chi connectivity index (χ3n) is 23.0. The SMILES string of the molecule is CC(Nc1ncc(C#N)c(-c2c[nH]c3ncc(C(F)(F)F)cc23)n1)c1ccc(N(C)C)nc1.CCC(=O)Nc1ccc([C@@H](C)Nc2ncc(C#N)c(-c3c[nH]c4ncc(C(F)(F)F)cc34)n2)cc1.C[C@@H](Nc1ncc(C#N)c(-c2c[nH]c3ncc(C(F)(F)F)cc23)n1)c1ccc(N2CCCC2=O)cc1.C[C@@H](Nc1ncc(C#N)c(-c2c[nH]c3ncc(C(F)(F)F)cc23)n1)c1ccc(O[C@H]2CCN(C)C2)cc1. The molecule has 0 saturated carbocycles. The van der Waals surface area contributed by atoms with E-state index < -0.39 is 47.0 Å². The average molecular weight is 1930 g/mol. The fourth-order valence-corrected chi connectivity index (χ4v) is 15.4. The smallest absolute Gasteiger partial charge is 0.417 e. The molecule has 2 aliphatic rings. The van der Waals surface area contributed by atoms with E-state index in [4.69, 9.17) is 4.74 Å². The molecule has 18 rings (SSSR count). The number of carbonyl (C=O) groups is 2. The van der Waals surface area contributed by atoms with Crippen molar-refractivity contribution in [1.29, 1.82) is 21.0 Å². The Morgan fingerprint density at radius 2 is 0.787 bits per heavy atom. The minimum atomic E-state index is -4.56. The molecule has 9 N–H and O–H groups in total. The summed E-state index contributed by atoms with van der Waals surface area (Å²) in [5.41, 5.74) is 5.22. The zero-order chi connectivity index (χ0) is 101. The number of H-pyrrole nitrogens is 4. The fraction of sp³-hybridized carbons (Fsp3) is 0.247. The molecule has 2 saturated heterocycles. The van der Waals surface area contributed by atoms with Crippen LogP contribution in [0.4, 0.5) is 93.7 Å². The van der Waals surface area contributed by atoms with E-state index in [9.17, 15) is 83.3 Å². The van der Waals surface area contributed by atoms with Crippen LogP contribution in [0.1, 0.15) is 151 Å². The second kappa shape index (κ2) is 41.3. The molecule has 32 nitrogen and oxygen atoms in total. The minimum Gasteiger partial charge on any atom is -0.489 e. The number of likely N-dealkylation sites (tertiary alicyclic amines) is 1. The normalized spacial score (nSPS) is 14.2.